The van der Waals surface area contributed by atoms with E-state index in [1.54, 1.807) is 38.1 Å². The van der Waals surface area contributed by atoms with Gasteiger partial charge in [0.05, 0.1) is 13.2 Å². The average molecular weight is 344 g/mol. The van der Waals surface area contributed by atoms with Crippen LogP contribution in [0.4, 0.5) is 0 Å². The van der Waals surface area contributed by atoms with Crippen molar-refractivity contribution in [2.45, 2.75) is 19.7 Å². The first-order valence-corrected chi connectivity index (χ1v) is 9.44. The van der Waals surface area contributed by atoms with Crippen molar-refractivity contribution in [2.24, 2.45) is 0 Å². The van der Waals surface area contributed by atoms with Crippen LogP contribution in [-0.4, -0.2) is 18.3 Å². The first-order valence-electron chi connectivity index (χ1n) is 7.83. The van der Waals surface area contributed by atoms with Gasteiger partial charge in [-0.05, 0) is 43.7 Å². The van der Waals surface area contributed by atoms with Gasteiger partial charge in [-0.3, -0.25) is 4.57 Å². The summed E-state index contributed by atoms with van der Waals surface area (Å²) < 4.78 is 22.9. The van der Waals surface area contributed by atoms with Crippen molar-refractivity contribution in [1.82, 2.24) is 0 Å². The SMILES string of the molecule is CCOP(=O)(OCC)C(O)c1ccc(C#Cc2ccccc2)cc1. The van der Waals surface area contributed by atoms with Gasteiger partial charge in [0.1, 0.15) is 0 Å². The highest BCUT2D eigenvalue weighted by molar-refractivity contribution is 7.54. The molecule has 2 aromatic carbocycles. The second-order valence-electron chi connectivity index (χ2n) is 4.99. The van der Waals surface area contributed by atoms with E-state index in [4.69, 9.17) is 9.05 Å². The van der Waals surface area contributed by atoms with Gasteiger partial charge in [0.2, 0.25) is 0 Å². The standard InChI is InChI=1S/C19H21O4P/c1-3-22-24(21,23-4-2)19(20)18-14-12-17(13-15-18)11-10-16-8-6-5-7-9-16/h5-9,12-15,19-20H,3-4H2,1-2H3. The van der Waals surface area contributed by atoms with Crippen molar-refractivity contribution in [3.8, 4) is 11.8 Å². The Labute approximate surface area is 143 Å². The van der Waals surface area contributed by atoms with E-state index in [0.717, 1.165) is 11.1 Å². The van der Waals surface area contributed by atoms with Crippen molar-refractivity contribution in [3.63, 3.8) is 0 Å². The maximum Gasteiger partial charge on any atom is 0.363 e. The molecule has 0 saturated heterocycles. The van der Waals surface area contributed by atoms with Crippen molar-refractivity contribution >= 4 is 7.60 Å². The molecule has 2 aromatic rings. The lowest BCUT2D eigenvalue weighted by Gasteiger charge is -2.22. The molecule has 0 amide bonds. The minimum Gasteiger partial charge on any atom is -0.376 e. The Morgan fingerprint density at radius 1 is 0.917 bits per heavy atom. The van der Waals surface area contributed by atoms with Crippen LogP contribution in [0, 0.1) is 11.8 Å². The number of hydrogen-bond donors (Lipinski definition) is 1. The van der Waals surface area contributed by atoms with Gasteiger partial charge in [-0.1, -0.05) is 42.2 Å². The molecule has 0 heterocycles. The number of rotatable bonds is 6. The molecule has 0 aliphatic carbocycles. The molecule has 24 heavy (non-hydrogen) atoms. The van der Waals surface area contributed by atoms with E-state index in [-0.39, 0.29) is 13.2 Å². The first kappa shape index (κ1) is 18.4. The van der Waals surface area contributed by atoms with Gasteiger partial charge in [0.15, 0.2) is 5.85 Å². The maximum absolute atomic E-state index is 12.6. The Bertz CT molecular complexity index is 734. The van der Waals surface area contributed by atoms with Crippen LogP contribution in [-0.2, 0) is 13.6 Å². The molecular weight excluding hydrogens is 323 g/mol. The highest BCUT2D eigenvalue weighted by Gasteiger charge is 2.35. The van der Waals surface area contributed by atoms with Gasteiger partial charge in [-0.25, -0.2) is 0 Å². The third-order valence-corrected chi connectivity index (χ3v) is 5.38. The zero-order chi connectivity index (χ0) is 17.4. The molecule has 0 saturated carbocycles. The summed E-state index contributed by atoms with van der Waals surface area (Å²) in [5.74, 6) is 4.81. The van der Waals surface area contributed by atoms with Crippen molar-refractivity contribution in [1.29, 1.82) is 0 Å². The van der Waals surface area contributed by atoms with E-state index in [2.05, 4.69) is 11.8 Å². The fourth-order valence-corrected chi connectivity index (χ4v) is 3.74. The highest BCUT2D eigenvalue weighted by atomic mass is 31.2. The summed E-state index contributed by atoms with van der Waals surface area (Å²) in [7, 11) is -3.59. The summed E-state index contributed by atoms with van der Waals surface area (Å²) in [6.45, 7) is 3.82. The fourth-order valence-electron chi connectivity index (χ4n) is 2.13. The predicted octanol–water partition coefficient (Wildman–Crippen LogP) is 4.34. The van der Waals surface area contributed by atoms with E-state index in [1.807, 2.05) is 30.3 Å². The van der Waals surface area contributed by atoms with Crippen molar-refractivity contribution in [2.75, 3.05) is 13.2 Å². The summed E-state index contributed by atoms with van der Waals surface area (Å²) in [6.07, 6.45) is 0. The molecular formula is C19H21O4P. The molecule has 4 nitrogen and oxygen atoms in total. The predicted molar refractivity (Wildman–Crippen MR) is 94.7 cm³/mol. The Hall–Kier alpha value is -1.89. The van der Waals surface area contributed by atoms with Gasteiger partial charge in [-0.2, -0.15) is 0 Å². The van der Waals surface area contributed by atoms with E-state index in [9.17, 15) is 9.67 Å². The topological polar surface area (TPSA) is 55.8 Å². The third kappa shape index (κ3) is 4.80. The molecule has 0 fully saturated rings. The molecule has 2 rings (SSSR count). The fraction of sp³-hybridized carbons (Fsp3) is 0.263. The van der Waals surface area contributed by atoms with Crippen molar-refractivity contribution < 1.29 is 18.7 Å². The minimum atomic E-state index is -3.59. The molecule has 0 spiro atoms. The number of aliphatic hydroxyl groups is 1. The van der Waals surface area contributed by atoms with Crippen LogP contribution in [0.3, 0.4) is 0 Å². The van der Waals surface area contributed by atoms with E-state index in [1.165, 1.54) is 0 Å². The van der Waals surface area contributed by atoms with Gasteiger partial charge in [0.25, 0.3) is 0 Å². The average Bonchev–Trinajstić information content (AvgIpc) is 2.61. The zero-order valence-corrected chi connectivity index (χ0v) is 14.7. The third-order valence-electron chi connectivity index (χ3n) is 3.25. The van der Waals surface area contributed by atoms with Crippen LogP contribution in [0.1, 0.15) is 36.4 Å². The molecule has 0 aromatic heterocycles. The number of benzene rings is 2. The molecule has 1 N–H and O–H groups in total. The van der Waals surface area contributed by atoms with Crippen LogP contribution in [0.2, 0.25) is 0 Å². The Morgan fingerprint density at radius 3 is 1.92 bits per heavy atom. The van der Waals surface area contributed by atoms with Crippen LogP contribution >= 0.6 is 7.60 Å². The summed E-state index contributed by atoms with van der Waals surface area (Å²) in [5, 5.41) is 10.4. The number of hydrogen-bond acceptors (Lipinski definition) is 4. The van der Waals surface area contributed by atoms with Gasteiger partial charge < -0.3 is 14.2 Å². The molecule has 0 aliphatic heterocycles. The van der Waals surface area contributed by atoms with E-state index in [0.29, 0.717) is 5.56 Å². The molecule has 5 heteroatoms. The molecule has 1 unspecified atom stereocenters. The lowest BCUT2D eigenvalue weighted by Crippen LogP contribution is -2.06. The Morgan fingerprint density at radius 2 is 1.42 bits per heavy atom. The minimum absolute atomic E-state index is 0.203. The molecule has 0 bridgehead atoms. The second kappa shape index (κ2) is 8.82. The molecule has 0 aliphatic rings. The van der Waals surface area contributed by atoms with Gasteiger partial charge in [0, 0.05) is 11.1 Å². The summed E-state index contributed by atoms with van der Waals surface area (Å²) in [6, 6.07) is 16.6. The van der Waals surface area contributed by atoms with E-state index < -0.39 is 13.4 Å². The quantitative estimate of drug-likeness (QED) is 0.625. The maximum atomic E-state index is 12.6. The zero-order valence-electron chi connectivity index (χ0n) is 13.8. The first-order chi connectivity index (χ1) is 11.6. The van der Waals surface area contributed by atoms with Crippen LogP contribution in [0.5, 0.6) is 0 Å². The smallest absolute Gasteiger partial charge is 0.363 e. The molecule has 1 atom stereocenters. The molecule has 0 radical (unpaired) electrons. The lowest BCUT2D eigenvalue weighted by atomic mass is 10.1. The Kier molecular flexibility index (Phi) is 6.78. The highest BCUT2D eigenvalue weighted by Crippen LogP contribution is 2.59. The van der Waals surface area contributed by atoms with Gasteiger partial charge >= 0.3 is 7.60 Å². The Balaban J connectivity index is 2.16. The largest absolute Gasteiger partial charge is 0.376 e. The summed E-state index contributed by atoms with van der Waals surface area (Å²) >= 11 is 0. The van der Waals surface area contributed by atoms with Crippen LogP contribution in [0.25, 0.3) is 0 Å². The normalized spacial score (nSPS) is 12.3. The molecule has 126 valence electrons. The second-order valence-corrected chi connectivity index (χ2v) is 7.07. The van der Waals surface area contributed by atoms with Crippen molar-refractivity contribution in [3.05, 3.63) is 71.3 Å². The monoisotopic (exact) mass is 344 g/mol. The van der Waals surface area contributed by atoms with Crippen LogP contribution < -0.4 is 0 Å². The number of aliphatic hydroxyl groups excluding tert-OH is 1. The summed E-state index contributed by atoms with van der Waals surface area (Å²) in [5.41, 5.74) is 2.21. The summed E-state index contributed by atoms with van der Waals surface area (Å²) in [4.78, 5) is 0. The van der Waals surface area contributed by atoms with Crippen LogP contribution in [0.15, 0.2) is 54.6 Å². The lowest BCUT2D eigenvalue weighted by molar-refractivity contribution is 0.150. The van der Waals surface area contributed by atoms with E-state index >= 15 is 0 Å². The van der Waals surface area contributed by atoms with Gasteiger partial charge in [-0.15, -0.1) is 0 Å².